The average molecular weight is 180 g/mol. The highest BCUT2D eigenvalue weighted by molar-refractivity contribution is 4.81. The quantitative estimate of drug-likeness (QED) is 0.610. The first-order valence-corrected chi connectivity index (χ1v) is 4.50. The molecule has 0 saturated heterocycles. The minimum Gasteiger partial charge on any atom is -0.244 e. The third kappa shape index (κ3) is 2.14. The third-order valence-corrected chi connectivity index (χ3v) is 2.79. The minimum atomic E-state index is -3.07. The van der Waals surface area contributed by atoms with Gasteiger partial charge < -0.3 is 0 Å². The van der Waals surface area contributed by atoms with E-state index in [0.29, 0.717) is 18.8 Å². The summed E-state index contributed by atoms with van der Waals surface area (Å²) in [5.74, 6) is -3.24. The lowest BCUT2D eigenvalue weighted by atomic mass is 9.80. The van der Waals surface area contributed by atoms with Crippen molar-refractivity contribution in [2.24, 2.45) is 11.8 Å². The van der Waals surface area contributed by atoms with E-state index in [1.54, 1.807) is 0 Å². The molecule has 0 atom stereocenters. The van der Waals surface area contributed by atoms with Crippen LogP contribution >= 0.6 is 0 Å². The Morgan fingerprint density at radius 2 is 1.67 bits per heavy atom. The third-order valence-electron chi connectivity index (χ3n) is 2.79. The van der Waals surface area contributed by atoms with Gasteiger partial charge in [-0.3, -0.25) is 0 Å². The summed E-state index contributed by atoms with van der Waals surface area (Å²) in [6.45, 7) is 0.565. The molecule has 1 rings (SSSR count). The van der Waals surface area contributed by atoms with Gasteiger partial charge in [0.05, 0.1) is 0 Å². The molecular formula is C9H15F3. The van der Waals surface area contributed by atoms with Crippen LogP contribution < -0.4 is 0 Å². The fourth-order valence-corrected chi connectivity index (χ4v) is 1.79. The minimum absolute atomic E-state index is 0.484. The summed E-state index contributed by atoms with van der Waals surface area (Å²) in [4.78, 5) is 0. The lowest BCUT2D eigenvalue weighted by Gasteiger charge is -2.30. The van der Waals surface area contributed by atoms with Gasteiger partial charge in [0.1, 0.15) is 0 Å². The topological polar surface area (TPSA) is 0 Å². The van der Waals surface area contributed by atoms with E-state index in [1.807, 2.05) is 0 Å². The van der Waals surface area contributed by atoms with Crippen LogP contribution in [-0.2, 0) is 0 Å². The summed E-state index contributed by atoms with van der Waals surface area (Å²) in [7, 11) is 0. The van der Waals surface area contributed by atoms with Crippen molar-refractivity contribution in [2.45, 2.75) is 38.5 Å². The van der Waals surface area contributed by atoms with Gasteiger partial charge in [-0.1, -0.05) is 19.8 Å². The van der Waals surface area contributed by atoms with Gasteiger partial charge in [0.25, 0.3) is 5.92 Å². The summed E-state index contributed by atoms with van der Waals surface area (Å²) in [6.07, 6.45) is 2.61. The lowest BCUT2D eigenvalue weighted by molar-refractivity contribution is -0.0901. The Labute approximate surface area is 71.1 Å². The van der Waals surface area contributed by atoms with Crippen molar-refractivity contribution in [3.05, 3.63) is 0 Å². The Hall–Kier alpha value is -0.210. The summed E-state index contributed by atoms with van der Waals surface area (Å²) >= 11 is 0. The highest BCUT2D eigenvalue weighted by Gasteiger charge is 2.40. The predicted molar refractivity (Wildman–Crippen MR) is 42.0 cm³/mol. The SMILES string of the molecule is CC1CCC(C(F)(F)CF)CC1. The Balaban J connectivity index is 2.44. The number of hydrogen-bond donors (Lipinski definition) is 0. The van der Waals surface area contributed by atoms with Gasteiger partial charge in [0.2, 0.25) is 0 Å². The molecule has 1 fully saturated rings. The fraction of sp³-hybridized carbons (Fsp3) is 1.00. The molecule has 72 valence electrons. The van der Waals surface area contributed by atoms with Gasteiger partial charge in [0.15, 0.2) is 6.67 Å². The van der Waals surface area contributed by atoms with Crippen LogP contribution in [0.5, 0.6) is 0 Å². The van der Waals surface area contributed by atoms with Crippen molar-refractivity contribution >= 4 is 0 Å². The molecular weight excluding hydrogens is 165 g/mol. The number of alkyl halides is 3. The summed E-state index contributed by atoms with van der Waals surface area (Å²) in [5, 5.41) is 0. The molecule has 1 aliphatic carbocycles. The van der Waals surface area contributed by atoms with E-state index in [0.717, 1.165) is 12.8 Å². The van der Waals surface area contributed by atoms with Crippen LogP contribution in [0.15, 0.2) is 0 Å². The first-order valence-electron chi connectivity index (χ1n) is 4.50. The smallest absolute Gasteiger partial charge is 0.244 e. The fourth-order valence-electron chi connectivity index (χ4n) is 1.79. The van der Waals surface area contributed by atoms with Gasteiger partial charge in [0, 0.05) is 5.92 Å². The highest BCUT2D eigenvalue weighted by atomic mass is 19.3. The Morgan fingerprint density at radius 1 is 1.17 bits per heavy atom. The van der Waals surface area contributed by atoms with E-state index < -0.39 is 18.5 Å². The zero-order valence-corrected chi connectivity index (χ0v) is 7.32. The van der Waals surface area contributed by atoms with E-state index in [9.17, 15) is 13.2 Å². The van der Waals surface area contributed by atoms with Crippen LogP contribution in [0.2, 0.25) is 0 Å². The molecule has 0 aliphatic heterocycles. The average Bonchev–Trinajstić information content (AvgIpc) is 2.05. The Kier molecular flexibility index (Phi) is 3.02. The maximum Gasteiger partial charge on any atom is 0.278 e. The highest BCUT2D eigenvalue weighted by Crippen LogP contribution is 2.38. The van der Waals surface area contributed by atoms with Crippen molar-refractivity contribution in [3.63, 3.8) is 0 Å². The molecule has 1 aliphatic rings. The molecule has 0 unspecified atom stereocenters. The van der Waals surface area contributed by atoms with Crippen molar-refractivity contribution in [2.75, 3.05) is 6.67 Å². The van der Waals surface area contributed by atoms with Gasteiger partial charge in [-0.25, -0.2) is 13.2 Å². The maximum absolute atomic E-state index is 12.8. The lowest BCUT2D eigenvalue weighted by Crippen LogP contribution is -2.33. The van der Waals surface area contributed by atoms with E-state index >= 15 is 0 Å². The monoisotopic (exact) mass is 180 g/mol. The van der Waals surface area contributed by atoms with E-state index in [2.05, 4.69) is 6.92 Å². The first kappa shape index (κ1) is 9.87. The summed E-state index contributed by atoms with van der Waals surface area (Å²) in [6, 6.07) is 0. The van der Waals surface area contributed by atoms with Crippen molar-refractivity contribution in [1.29, 1.82) is 0 Å². The summed E-state index contributed by atoms with van der Waals surface area (Å²) in [5.41, 5.74) is 0. The van der Waals surface area contributed by atoms with Crippen LogP contribution in [0.25, 0.3) is 0 Å². The zero-order valence-electron chi connectivity index (χ0n) is 7.32. The molecule has 0 amide bonds. The number of hydrogen-bond acceptors (Lipinski definition) is 0. The van der Waals surface area contributed by atoms with E-state index in [4.69, 9.17) is 0 Å². The molecule has 0 radical (unpaired) electrons. The molecule has 1 saturated carbocycles. The van der Waals surface area contributed by atoms with E-state index in [1.165, 1.54) is 0 Å². The molecule has 0 heterocycles. The predicted octanol–water partition coefficient (Wildman–Crippen LogP) is 3.42. The molecule has 0 spiro atoms. The van der Waals surface area contributed by atoms with Crippen LogP contribution in [-0.4, -0.2) is 12.6 Å². The maximum atomic E-state index is 12.8. The molecule has 0 aromatic carbocycles. The van der Waals surface area contributed by atoms with Gasteiger partial charge in [-0.15, -0.1) is 0 Å². The Morgan fingerprint density at radius 3 is 2.08 bits per heavy atom. The van der Waals surface area contributed by atoms with Gasteiger partial charge in [-0.2, -0.15) is 0 Å². The zero-order chi connectivity index (χ0) is 9.19. The molecule has 12 heavy (non-hydrogen) atoms. The number of rotatable bonds is 2. The van der Waals surface area contributed by atoms with Gasteiger partial charge >= 0.3 is 0 Å². The summed E-state index contributed by atoms with van der Waals surface area (Å²) < 4.78 is 37.5. The second-order valence-electron chi connectivity index (χ2n) is 3.85. The second-order valence-corrected chi connectivity index (χ2v) is 3.85. The molecule has 0 aromatic heterocycles. The molecule has 0 N–H and O–H groups in total. The first-order chi connectivity index (χ1) is 5.56. The molecule has 3 heteroatoms. The van der Waals surface area contributed by atoms with E-state index in [-0.39, 0.29) is 0 Å². The van der Waals surface area contributed by atoms with Crippen LogP contribution in [0.3, 0.4) is 0 Å². The van der Waals surface area contributed by atoms with Crippen molar-refractivity contribution in [1.82, 2.24) is 0 Å². The largest absolute Gasteiger partial charge is 0.278 e. The van der Waals surface area contributed by atoms with Crippen LogP contribution in [0, 0.1) is 11.8 Å². The van der Waals surface area contributed by atoms with Crippen LogP contribution in [0.4, 0.5) is 13.2 Å². The normalized spacial score (nSPS) is 32.0. The second kappa shape index (κ2) is 3.67. The molecule has 0 bridgehead atoms. The number of halogens is 3. The van der Waals surface area contributed by atoms with Gasteiger partial charge in [-0.05, 0) is 18.8 Å². The molecule has 0 aromatic rings. The van der Waals surface area contributed by atoms with Crippen molar-refractivity contribution in [3.8, 4) is 0 Å². The Bertz CT molecular complexity index is 137. The van der Waals surface area contributed by atoms with Crippen molar-refractivity contribution < 1.29 is 13.2 Å². The molecule has 0 nitrogen and oxygen atoms in total. The standard InChI is InChI=1S/C9H15F3/c1-7-2-4-8(5-3-7)9(11,12)6-10/h7-8H,2-6H2,1H3. The van der Waals surface area contributed by atoms with Crippen LogP contribution in [0.1, 0.15) is 32.6 Å².